The first-order valence-electron chi connectivity index (χ1n) is 5.61. The van der Waals surface area contributed by atoms with Crippen molar-refractivity contribution in [3.8, 4) is 11.1 Å². The maximum absolute atomic E-state index is 5.93. The molecule has 0 amide bonds. The Morgan fingerprint density at radius 1 is 0.833 bits per heavy atom. The summed E-state index contributed by atoms with van der Waals surface area (Å²) in [4.78, 5) is 8.32. The molecule has 0 radical (unpaired) electrons. The highest BCUT2D eigenvalue weighted by atomic mass is 14.9. The van der Waals surface area contributed by atoms with Gasteiger partial charge in [-0.1, -0.05) is 24.3 Å². The molecule has 0 aliphatic rings. The topological polar surface area (TPSA) is 77.8 Å². The van der Waals surface area contributed by atoms with Crippen LogP contribution in [0.3, 0.4) is 0 Å². The molecule has 4 heteroatoms. The van der Waals surface area contributed by atoms with E-state index in [0.717, 1.165) is 21.9 Å². The van der Waals surface area contributed by atoms with E-state index in [4.69, 9.17) is 11.5 Å². The summed E-state index contributed by atoms with van der Waals surface area (Å²) in [5.41, 5.74) is 13.4. The molecule has 0 bridgehead atoms. The second kappa shape index (κ2) is 4.00. The summed E-state index contributed by atoms with van der Waals surface area (Å²) in [7, 11) is 0. The Bertz CT molecular complexity index is 717. The minimum atomic E-state index is 0.421. The van der Waals surface area contributed by atoms with Crippen LogP contribution in [0.5, 0.6) is 0 Å². The fourth-order valence-electron chi connectivity index (χ4n) is 2.05. The fraction of sp³-hybridized carbons (Fsp3) is 0. The first kappa shape index (κ1) is 10.5. The van der Waals surface area contributed by atoms with Crippen molar-refractivity contribution in [1.82, 2.24) is 9.97 Å². The Morgan fingerprint density at radius 2 is 1.67 bits per heavy atom. The van der Waals surface area contributed by atoms with Gasteiger partial charge in [0.1, 0.15) is 11.6 Å². The van der Waals surface area contributed by atoms with E-state index >= 15 is 0 Å². The highest BCUT2D eigenvalue weighted by Crippen LogP contribution is 2.30. The van der Waals surface area contributed by atoms with Gasteiger partial charge in [-0.3, -0.25) is 4.98 Å². The van der Waals surface area contributed by atoms with Gasteiger partial charge in [0.05, 0.1) is 0 Å². The maximum Gasteiger partial charge on any atom is 0.133 e. The third-order valence-electron chi connectivity index (χ3n) is 2.90. The molecule has 0 aliphatic heterocycles. The van der Waals surface area contributed by atoms with Crippen LogP contribution in [0.15, 0.2) is 48.8 Å². The summed E-state index contributed by atoms with van der Waals surface area (Å²) in [6.07, 6.45) is 3.63. The Morgan fingerprint density at radius 3 is 2.50 bits per heavy atom. The van der Waals surface area contributed by atoms with Gasteiger partial charge in [0.25, 0.3) is 0 Å². The zero-order chi connectivity index (χ0) is 12.5. The average Bonchev–Trinajstić information content (AvgIpc) is 2.38. The average molecular weight is 236 g/mol. The molecule has 0 saturated heterocycles. The van der Waals surface area contributed by atoms with E-state index in [1.807, 2.05) is 36.5 Å². The van der Waals surface area contributed by atoms with E-state index in [1.54, 1.807) is 12.3 Å². The molecule has 4 nitrogen and oxygen atoms in total. The molecule has 88 valence electrons. The highest BCUT2D eigenvalue weighted by Gasteiger charge is 2.08. The summed E-state index contributed by atoms with van der Waals surface area (Å²) < 4.78 is 0. The number of rotatable bonds is 1. The van der Waals surface area contributed by atoms with Gasteiger partial charge in [-0.15, -0.1) is 0 Å². The molecule has 18 heavy (non-hydrogen) atoms. The van der Waals surface area contributed by atoms with Gasteiger partial charge >= 0.3 is 0 Å². The number of benzene rings is 1. The van der Waals surface area contributed by atoms with Gasteiger partial charge < -0.3 is 11.5 Å². The van der Waals surface area contributed by atoms with Crippen LogP contribution in [-0.2, 0) is 0 Å². The SMILES string of the molecule is Nc1ccc(-c2cncc3ccccc23)c(N)n1. The van der Waals surface area contributed by atoms with Crippen molar-refractivity contribution in [3.63, 3.8) is 0 Å². The molecule has 2 aromatic heterocycles. The fourth-order valence-corrected chi connectivity index (χ4v) is 2.05. The first-order valence-corrected chi connectivity index (χ1v) is 5.61. The van der Waals surface area contributed by atoms with Crippen molar-refractivity contribution in [2.75, 3.05) is 11.5 Å². The number of fused-ring (bicyclic) bond motifs is 1. The van der Waals surface area contributed by atoms with Crippen molar-refractivity contribution >= 4 is 22.4 Å². The van der Waals surface area contributed by atoms with Crippen molar-refractivity contribution < 1.29 is 0 Å². The monoisotopic (exact) mass is 236 g/mol. The molecule has 3 rings (SSSR count). The van der Waals surface area contributed by atoms with Crippen molar-refractivity contribution in [2.24, 2.45) is 0 Å². The first-order chi connectivity index (χ1) is 8.75. The molecule has 1 aromatic carbocycles. The second-order valence-electron chi connectivity index (χ2n) is 4.08. The molecule has 3 aromatic rings. The molecule has 0 atom stereocenters. The van der Waals surface area contributed by atoms with Crippen molar-refractivity contribution in [2.45, 2.75) is 0 Å². The van der Waals surface area contributed by atoms with Gasteiger partial charge in [-0.2, -0.15) is 0 Å². The zero-order valence-electron chi connectivity index (χ0n) is 9.67. The van der Waals surface area contributed by atoms with Crippen LogP contribution in [0.1, 0.15) is 0 Å². The van der Waals surface area contributed by atoms with Crippen LogP contribution in [-0.4, -0.2) is 9.97 Å². The predicted molar refractivity (Wildman–Crippen MR) is 73.8 cm³/mol. The number of nitrogens with zero attached hydrogens (tertiary/aromatic N) is 2. The van der Waals surface area contributed by atoms with E-state index in [9.17, 15) is 0 Å². The largest absolute Gasteiger partial charge is 0.384 e. The maximum atomic E-state index is 5.93. The van der Waals surface area contributed by atoms with Gasteiger partial charge in [0.15, 0.2) is 0 Å². The standard InChI is InChI=1S/C14H12N4/c15-13-6-5-11(14(16)18-13)12-8-17-7-9-3-1-2-4-10(9)12/h1-8H,(H4,15,16,18). The lowest BCUT2D eigenvalue weighted by atomic mass is 10.0. The number of hydrogen-bond acceptors (Lipinski definition) is 4. The normalized spacial score (nSPS) is 10.7. The molecule has 0 spiro atoms. The van der Waals surface area contributed by atoms with E-state index in [-0.39, 0.29) is 0 Å². The van der Waals surface area contributed by atoms with Crippen LogP contribution < -0.4 is 11.5 Å². The summed E-state index contributed by atoms with van der Waals surface area (Å²) >= 11 is 0. The summed E-state index contributed by atoms with van der Waals surface area (Å²) in [5, 5.41) is 2.18. The molecule has 2 heterocycles. The van der Waals surface area contributed by atoms with E-state index in [2.05, 4.69) is 9.97 Å². The highest BCUT2D eigenvalue weighted by molar-refractivity contribution is 5.97. The minimum Gasteiger partial charge on any atom is -0.384 e. The van der Waals surface area contributed by atoms with E-state index in [1.165, 1.54) is 0 Å². The van der Waals surface area contributed by atoms with Crippen LogP contribution in [0, 0.1) is 0 Å². The third kappa shape index (κ3) is 1.64. The number of nitrogen functional groups attached to an aromatic ring is 2. The smallest absolute Gasteiger partial charge is 0.133 e. The zero-order valence-corrected chi connectivity index (χ0v) is 9.67. The summed E-state index contributed by atoms with van der Waals surface area (Å²) in [6, 6.07) is 11.7. The van der Waals surface area contributed by atoms with Crippen molar-refractivity contribution in [1.29, 1.82) is 0 Å². The molecular formula is C14H12N4. The van der Waals surface area contributed by atoms with Crippen molar-refractivity contribution in [3.05, 3.63) is 48.8 Å². The Labute approximate surface area is 104 Å². The summed E-state index contributed by atoms with van der Waals surface area (Å²) in [5.74, 6) is 0.845. The Hall–Kier alpha value is -2.62. The number of hydrogen-bond donors (Lipinski definition) is 2. The van der Waals surface area contributed by atoms with E-state index < -0.39 is 0 Å². The lowest BCUT2D eigenvalue weighted by Gasteiger charge is -2.08. The van der Waals surface area contributed by atoms with Crippen LogP contribution in [0.2, 0.25) is 0 Å². The van der Waals surface area contributed by atoms with Crippen LogP contribution >= 0.6 is 0 Å². The van der Waals surface area contributed by atoms with Gasteiger partial charge in [-0.05, 0) is 17.5 Å². The van der Waals surface area contributed by atoms with E-state index in [0.29, 0.717) is 11.6 Å². The van der Waals surface area contributed by atoms with Gasteiger partial charge in [0.2, 0.25) is 0 Å². The number of pyridine rings is 2. The Balaban J connectivity index is 2.31. The lowest BCUT2D eigenvalue weighted by molar-refractivity contribution is 1.32. The van der Waals surface area contributed by atoms with Gasteiger partial charge in [-0.25, -0.2) is 4.98 Å². The van der Waals surface area contributed by atoms with Crippen LogP contribution in [0.4, 0.5) is 11.6 Å². The lowest BCUT2D eigenvalue weighted by Crippen LogP contribution is -1.98. The third-order valence-corrected chi connectivity index (χ3v) is 2.90. The van der Waals surface area contributed by atoms with Gasteiger partial charge in [0, 0.05) is 28.9 Å². The quantitative estimate of drug-likeness (QED) is 0.680. The second-order valence-corrected chi connectivity index (χ2v) is 4.08. The molecule has 0 fully saturated rings. The molecule has 0 unspecified atom stereocenters. The summed E-state index contributed by atoms with van der Waals surface area (Å²) in [6.45, 7) is 0. The minimum absolute atomic E-state index is 0.421. The molecule has 0 aliphatic carbocycles. The number of aromatic nitrogens is 2. The van der Waals surface area contributed by atoms with Crippen LogP contribution in [0.25, 0.3) is 21.9 Å². The predicted octanol–water partition coefficient (Wildman–Crippen LogP) is 2.46. The molecule has 4 N–H and O–H groups in total. The number of anilines is 2. The molecule has 0 saturated carbocycles. The number of nitrogens with two attached hydrogens (primary N) is 2. The Kier molecular flexibility index (Phi) is 2.34. The molecular weight excluding hydrogens is 224 g/mol.